The van der Waals surface area contributed by atoms with Crippen LogP contribution in [0.1, 0.15) is 276 Å². The standard InChI is InChI=1S/C65H108O3/c1-44(2)22-16-25-47(7)28-19-31-50(10)53(13)56-34-36-63(66)59(38-56)42-61-40-58(55(15)52(12)33-21-30-49(9)27-18-24-46(5)6)41-62(65(61)68)43-60-39-57(35-37-64(60)67)54(14)51(11)32-20-29-48(8)26-17-23-45(3)4/h34-41,44-55,66-68H,16-33,42-43H2,1-15H3. The number of hydrogen-bond donors (Lipinski definition) is 3. The van der Waals surface area contributed by atoms with Crippen molar-refractivity contribution in [2.24, 2.45) is 53.3 Å². The maximum Gasteiger partial charge on any atom is 0.122 e. The van der Waals surface area contributed by atoms with E-state index in [1.165, 1.54) is 132 Å². The van der Waals surface area contributed by atoms with Crippen LogP contribution in [0.25, 0.3) is 0 Å². The summed E-state index contributed by atoms with van der Waals surface area (Å²) in [4.78, 5) is 0. The van der Waals surface area contributed by atoms with Crippen molar-refractivity contribution in [3.63, 3.8) is 0 Å². The number of phenols is 3. The number of benzene rings is 3. The van der Waals surface area contributed by atoms with Gasteiger partial charge in [-0.1, -0.05) is 256 Å². The number of rotatable bonds is 34. The van der Waals surface area contributed by atoms with Gasteiger partial charge in [0, 0.05) is 12.8 Å². The maximum absolute atomic E-state index is 12.3. The van der Waals surface area contributed by atoms with Crippen LogP contribution in [0.5, 0.6) is 17.2 Å². The lowest BCUT2D eigenvalue weighted by molar-refractivity contribution is 0.380. The molecule has 68 heavy (non-hydrogen) atoms. The van der Waals surface area contributed by atoms with Gasteiger partial charge >= 0.3 is 0 Å². The summed E-state index contributed by atoms with van der Waals surface area (Å²) in [5.74, 6) is 8.09. The highest BCUT2D eigenvalue weighted by Crippen LogP contribution is 2.40. The van der Waals surface area contributed by atoms with Gasteiger partial charge < -0.3 is 15.3 Å². The quantitative estimate of drug-likeness (QED) is 0.0559. The lowest BCUT2D eigenvalue weighted by Crippen LogP contribution is -2.10. The fraction of sp³-hybridized carbons (Fsp3) is 0.723. The summed E-state index contributed by atoms with van der Waals surface area (Å²) in [6, 6.07) is 16.8. The molecule has 0 spiro atoms. The van der Waals surface area contributed by atoms with E-state index in [-0.39, 0.29) is 17.2 Å². The maximum atomic E-state index is 12.3. The fourth-order valence-corrected chi connectivity index (χ4v) is 10.9. The molecule has 3 nitrogen and oxygen atoms in total. The fourth-order valence-electron chi connectivity index (χ4n) is 10.9. The molecule has 0 aliphatic heterocycles. The van der Waals surface area contributed by atoms with E-state index in [0.717, 1.165) is 57.8 Å². The van der Waals surface area contributed by atoms with Crippen molar-refractivity contribution in [3.05, 3.63) is 87.5 Å². The Kier molecular flexibility index (Phi) is 26.8. The predicted octanol–water partition coefficient (Wildman–Crippen LogP) is 20.1. The van der Waals surface area contributed by atoms with Crippen LogP contribution in [0.2, 0.25) is 0 Å². The molecule has 3 aromatic rings. The average Bonchev–Trinajstić information content (AvgIpc) is 3.27. The summed E-state index contributed by atoms with van der Waals surface area (Å²) in [6.07, 6.45) is 24.0. The van der Waals surface area contributed by atoms with Gasteiger partial charge in [-0.2, -0.15) is 0 Å². The highest BCUT2D eigenvalue weighted by atomic mass is 16.3. The minimum absolute atomic E-state index is 0.284. The van der Waals surface area contributed by atoms with Gasteiger partial charge in [-0.15, -0.1) is 0 Å². The second-order valence-electron chi connectivity index (χ2n) is 24.7. The summed E-state index contributed by atoms with van der Waals surface area (Å²) in [6.45, 7) is 35.5. The molecule has 386 valence electrons. The van der Waals surface area contributed by atoms with E-state index in [4.69, 9.17) is 0 Å². The van der Waals surface area contributed by atoms with Crippen LogP contribution in [0.3, 0.4) is 0 Å². The molecule has 0 saturated heterocycles. The van der Waals surface area contributed by atoms with Crippen molar-refractivity contribution in [3.8, 4) is 17.2 Å². The summed E-state index contributed by atoms with van der Waals surface area (Å²) >= 11 is 0. The third-order valence-corrected chi connectivity index (χ3v) is 16.9. The van der Waals surface area contributed by atoms with Crippen LogP contribution >= 0.6 is 0 Å². The zero-order chi connectivity index (χ0) is 50.5. The van der Waals surface area contributed by atoms with Crippen LogP contribution in [-0.4, -0.2) is 15.3 Å². The summed E-state index contributed by atoms with van der Waals surface area (Å²) in [5.41, 5.74) is 7.18. The summed E-state index contributed by atoms with van der Waals surface area (Å²) in [7, 11) is 0. The molecule has 0 fully saturated rings. The Labute approximate surface area is 421 Å². The largest absolute Gasteiger partial charge is 0.508 e. The van der Waals surface area contributed by atoms with Gasteiger partial charge in [0.25, 0.3) is 0 Å². The van der Waals surface area contributed by atoms with E-state index in [1.807, 2.05) is 12.1 Å². The van der Waals surface area contributed by atoms with Crippen LogP contribution in [0.15, 0.2) is 48.5 Å². The normalized spacial score (nSPS) is 16.2. The Balaban J connectivity index is 1.87. The second-order valence-corrected chi connectivity index (χ2v) is 24.7. The Morgan fingerprint density at radius 2 is 0.574 bits per heavy atom. The van der Waals surface area contributed by atoms with E-state index in [2.05, 4.69) is 140 Å². The summed E-state index contributed by atoms with van der Waals surface area (Å²) < 4.78 is 0. The number of hydrogen-bond acceptors (Lipinski definition) is 3. The van der Waals surface area contributed by atoms with Crippen LogP contribution in [0, 0.1) is 53.3 Å². The first-order valence-electron chi connectivity index (χ1n) is 28.6. The molecule has 0 radical (unpaired) electrons. The molecule has 0 bridgehead atoms. The predicted molar refractivity (Wildman–Crippen MR) is 298 cm³/mol. The van der Waals surface area contributed by atoms with E-state index >= 15 is 0 Å². The van der Waals surface area contributed by atoms with Crippen LogP contribution in [-0.2, 0) is 12.8 Å². The van der Waals surface area contributed by atoms with Crippen molar-refractivity contribution in [1.82, 2.24) is 0 Å². The van der Waals surface area contributed by atoms with Crippen molar-refractivity contribution < 1.29 is 15.3 Å². The Morgan fingerprint density at radius 3 is 0.868 bits per heavy atom. The highest BCUT2D eigenvalue weighted by molar-refractivity contribution is 5.52. The molecule has 0 amide bonds. The van der Waals surface area contributed by atoms with Gasteiger partial charge in [-0.3, -0.25) is 0 Å². The van der Waals surface area contributed by atoms with Crippen LogP contribution < -0.4 is 0 Å². The summed E-state index contributed by atoms with van der Waals surface area (Å²) in [5, 5.41) is 35.0. The van der Waals surface area contributed by atoms with Crippen molar-refractivity contribution >= 4 is 0 Å². The first-order valence-corrected chi connectivity index (χ1v) is 28.6. The molecular formula is C65H108O3. The van der Waals surface area contributed by atoms with Crippen molar-refractivity contribution in [2.45, 2.75) is 250 Å². The first-order chi connectivity index (χ1) is 32.2. The van der Waals surface area contributed by atoms with Gasteiger partial charge in [0.1, 0.15) is 17.2 Å². The molecular weight excluding hydrogens is 829 g/mol. The molecule has 9 atom stereocenters. The molecule has 3 aromatic carbocycles. The molecule has 0 aromatic heterocycles. The Bertz CT molecular complexity index is 1730. The molecule has 0 aliphatic rings. The molecule has 3 rings (SSSR count). The molecule has 0 aliphatic carbocycles. The molecule has 0 heterocycles. The number of phenolic OH excluding ortho intramolecular Hbond substituents is 3. The molecule has 3 N–H and O–H groups in total. The van der Waals surface area contributed by atoms with Gasteiger partial charge in [0.15, 0.2) is 0 Å². The molecule has 0 saturated carbocycles. The monoisotopic (exact) mass is 937 g/mol. The third-order valence-electron chi connectivity index (χ3n) is 16.9. The topological polar surface area (TPSA) is 60.7 Å². The second kappa shape index (κ2) is 30.7. The van der Waals surface area contributed by atoms with E-state index in [1.54, 1.807) is 0 Å². The Morgan fingerprint density at radius 1 is 0.309 bits per heavy atom. The minimum atomic E-state index is 0.284. The number of aromatic hydroxyl groups is 3. The van der Waals surface area contributed by atoms with Gasteiger partial charge in [0.2, 0.25) is 0 Å². The zero-order valence-electron chi connectivity index (χ0n) is 47.0. The first kappa shape index (κ1) is 59.4. The molecule has 3 heteroatoms. The van der Waals surface area contributed by atoms with Gasteiger partial charge in [0.05, 0.1) is 0 Å². The minimum Gasteiger partial charge on any atom is -0.508 e. The molecule has 9 unspecified atom stereocenters. The van der Waals surface area contributed by atoms with Crippen molar-refractivity contribution in [1.29, 1.82) is 0 Å². The van der Waals surface area contributed by atoms with E-state index < -0.39 is 0 Å². The zero-order valence-corrected chi connectivity index (χ0v) is 47.0. The van der Waals surface area contributed by atoms with E-state index in [9.17, 15) is 15.3 Å². The smallest absolute Gasteiger partial charge is 0.122 e. The SMILES string of the molecule is CC(C)CCCC(C)CCCC(C)C(C)c1ccc(O)c(Cc2cc(C(C)C(C)CCCC(C)CCCC(C)C)cc(Cc3cc(C(C)C(C)CCCC(C)CCCC(C)C)ccc3O)c2O)c1. The van der Waals surface area contributed by atoms with E-state index in [0.29, 0.717) is 48.3 Å². The lowest BCUT2D eigenvalue weighted by atomic mass is 9.81. The van der Waals surface area contributed by atoms with Crippen molar-refractivity contribution in [2.75, 3.05) is 0 Å². The highest BCUT2D eigenvalue weighted by Gasteiger charge is 2.23. The lowest BCUT2D eigenvalue weighted by Gasteiger charge is -2.25. The van der Waals surface area contributed by atoms with Crippen LogP contribution in [0.4, 0.5) is 0 Å². The third kappa shape index (κ3) is 21.2. The van der Waals surface area contributed by atoms with Gasteiger partial charge in [-0.25, -0.2) is 0 Å². The Hall–Kier alpha value is -2.94. The van der Waals surface area contributed by atoms with Gasteiger partial charge in [-0.05, 0) is 122 Å². The average molecular weight is 938 g/mol.